The zero-order valence-corrected chi connectivity index (χ0v) is 29.4. The highest BCUT2D eigenvalue weighted by atomic mass is 19.4. The van der Waals surface area contributed by atoms with Gasteiger partial charge in [0.2, 0.25) is 5.82 Å². The third-order valence-electron chi connectivity index (χ3n) is 9.43. The third kappa shape index (κ3) is 8.99. The minimum absolute atomic E-state index is 0.000913. The number of amides is 2. The van der Waals surface area contributed by atoms with Gasteiger partial charge < -0.3 is 25.0 Å². The van der Waals surface area contributed by atoms with Gasteiger partial charge in [-0.15, -0.1) is 0 Å². The first kappa shape index (κ1) is 41.3. The zero-order valence-electron chi connectivity index (χ0n) is 29.4. The summed E-state index contributed by atoms with van der Waals surface area (Å²) in [5.74, 6) is -6.23. The van der Waals surface area contributed by atoms with Crippen molar-refractivity contribution in [1.29, 1.82) is 0 Å². The first-order valence-corrected chi connectivity index (χ1v) is 17.2. The Balaban J connectivity index is 1.42. The molecule has 1 aliphatic carbocycles. The summed E-state index contributed by atoms with van der Waals surface area (Å²) in [6.07, 6.45) is -6.43. The number of benzene rings is 2. The van der Waals surface area contributed by atoms with Gasteiger partial charge in [-0.05, 0) is 62.4 Å². The molecule has 298 valence electrons. The summed E-state index contributed by atoms with van der Waals surface area (Å²) < 4.78 is 123. The van der Waals surface area contributed by atoms with Crippen molar-refractivity contribution in [3.63, 3.8) is 0 Å². The molecule has 0 atom stereocenters. The van der Waals surface area contributed by atoms with Gasteiger partial charge >= 0.3 is 12.4 Å². The molecule has 3 N–H and O–H groups in total. The van der Waals surface area contributed by atoms with Crippen LogP contribution in [0.15, 0.2) is 54.1 Å². The number of hydrogen-bond donors (Lipinski definition) is 3. The maximum absolute atomic E-state index is 15.5. The number of carbonyl (C=O) groups is 2. The molecule has 0 unspecified atom stereocenters. The van der Waals surface area contributed by atoms with Gasteiger partial charge in [-0.3, -0.25) is 14.6 Å². The number of aliphatic hydroxyl groups is 2. The van der Waals surface area contributed by atoms with Gasteiger partial charge in [-0.2, -0.15) is 30.7 Å². The van der Waals surface area contributed by atoms with Crippen LogP contribution in [0.2, 0.25) is 0 Å². The van der Waals surface area contributed by atoms with Crippen LogP contribution in [0, 0.1) is 11.6 Å². The fourth-order valence-corrected chi connectivity index (χ4v) is 6.50. The number of halogens is 8. The summed E-state index contributed by atoms with van der Waals surface area (Å²) in [7, 11) is 1.43. The van der Waals surface area contributed by atoms with Crippen LogP contribution in [-0.4, -0.2) is 81.0 Å². The number of carbonyl (C=O) groups excluding carboxylic acids is 2. The van der Waals surface area contributed by atoms with E-state index in [1.54, 1.807) is 0 Å². The number of aromatic nitrogens is 2. The molecular formula is C36H37F8N5O6. The second kappa shape index (κ2) is 16.9. The molecule has 0 radical (unpaired) electrons. The van der Waals surface area contributed by atoms with Crippen LogP contribution in [0.25, 0.3) is 11.3 Å². The molecule has 1 fully saturated rings. The summed E-state index contributed by atoms with van der Waals surface area (Å²) >= 11 is 0. The van der Waals surface area contributed by atoms with Crippen LogP contribution in [0.1, 0.15) is 61.8 Å². The Kier molecular flexibility index (Phi) is 12.7. The van der Waals surface area contributed by atoms with Crippen molar-refractivity contribution in [1.82, 2.24) is 20.0 Å². The maximum Gasteiger partial charge on any atom is 0.433 e. The molecule has 0 saturated heterocycles. The Morgan fingerprint density at radius 2 is 1.62 bits per heavy atom. The summed E-state index contributed by atoms with van der Waals surface area (Å²) in [4.78, 5) is 34.7. The Morgan fingerprint density at radius 1 is 0.927 bits per heavy atom. The van der Waals surface area contributed by atoms with Gasteiger partial charge in [0, 0.05) is 38.0 Å². The average Bonchev–Trinajstić information content (AvgIpc) is 3.64. The molecule has 1 aromatic heterocycles. The maximum atomic E-state index is 15.5. The molecule has 3 aromatic rings. The summed E-state index contributed by atoms with van der Waals surface area (Å²) in [6.45, 7) is 0.190. The number of aliphatic hydroxyl groups excluding tert-OH is 2. The minimum Gasteiger partial charge on any atom is -0.509 e. The molecule has 2 aliphatic rings. The average molecular weight is 788 g/mol. The topological polar surface area (TPSA) is 137 Å². The Hall–Kier alpha value is -4.88. The summed E-state index contributed by atoms with van der Waals surface area (Å²) in [6, 6.07) is 4.54. The number of unbranched alkanes of at least 4 members (excludes halogenated alkanes) is 1. The second-order valence-electron chi connectivity index (χ2n) is 12.9. The Morgan fingerprint density at radius 3 is 2.29 bits per heavy atom. The zero-order chi connectivity index (χ0) is 40.1. The number of ether oxygens (including phenoxy) is 2. The quantitative estimate of drug-likeness (QED) is 0.0899. The lowest BCUT2D eigenvalue weighted by atomic mass is 9.88. The van der Waals surface area contributed by atoms with E-state index in [0.29, 0.717) is 69.8 Å². The lowest BCUT2D eigenvalue weighted by Crippen LogP contribution is -2.62. The fourth-order valence-electron chi connectivity index (χ4n) is 6.50. The lowest BCUT2D eigenvalue weighted by molar-refractivity contribution is -0.163. The SMILES string of the molecule is CN1N(Cc2ccc(OCCCCOCCCO)c(F)c2F)C(=O)C(C(=O)Nc2ccc(C(F)(F)F)cc2-c2cc(C(F)(F)F)ncn2)=C(O)C12CCCC2. The number of anilines is 1. The third-order valence-corrected chi connectivity index (χ3v) is 9.43. The summed E-state index contributed by atoms with van der Waals surface area (Å²) in [5.41, 5.74) is -7.02. The molecule has 0 bridgehead atoms. The fraction of sp³-hybridized carbons (Fsp3) is 0.444. The number of hydrogen-bond acceptors (Lipinski definition) is 9. The number of nitrogens with zero attached hydrogens (tertiary/aromatic N) is 4. The molecule has 2 aromatic carbocycles. The van der Waals surface area contributed by atoms with E-state index < -0.39 is 87.4 Å². The van der Waals surface area contributed by atoms with Crippen molar-refractivity contribution in [2.45, 2.75) is 69.4 Å². The van der Waals surface area contributed by atoms with Crippen LogP contribution in [0.3, 0.4) is 0 Å². The van der Waals surface area contributed by atoms with Gasteiger partial charge in [0.15, 0.2) is 11.6 Å². The number of likely N-dealkylation sites (N-methyl/N-ethyl adjacent to an activating group) is 1. The molecule has 11 nitrogen and oxygen atoms in total. The summed E-state index contributed by atoms with van der Waals surface area (Å²) in [5, 5.41) is 24.8. The highest BCUT2D eigenvalue weighted by Crippen LogP contribution is 2.45. The van der Waals surface area contributed by atoms with Gasteiger partial charge in [0.1, 0.15) is 23.4 Å². The van der Waals surface area contributed by atoms with Crippen LogP contribution in [0.4, 0.5) is 40.8 Å². The van der Waals surface area contributed by atoms with E-state index in [-0.39, 0.29) is 37.4 Å². The predicted molar refractivity (Wildman–Crippen MR) is 179 cm³/mol. The van der Waals surface area contributed by atoms with Crippen LogP contribution >= 0.6 is 0 Å². The van der Waals surface area contributed by atoms with Crippen molar-refractivity contribution in [2.75, 3.05) is 38.8 Å². The van der Waals surface area contributed by atoms with E-state index in [4.69, 9.17) is 14.6 Å². The van der Waals surface area contributed by atoms with Gasteiger partial charge in [0.05, 0.1) is 35.6 Å². The van der Waals surface area contributed by atoms with E-state index in [0.717, 1.165) is 11.1 Å². The van der Waals surface area contributed by atoms with E-state index >= 15 is 8.78 Å². The van der Waals surface area contributed by atoms with Crippen LogP contribution in [-0.2, 0) is 33.2 Å². The monoisotopic (exact) mass is 787 g/mol. The van der Waals surface area contributed by atoms with E-state index in [1.165, 1.54) is 24.2 Å². The van der Waals surface area contributed by atoms with Crippen molar-refractivity contribution in [3.8, 4) is 17.0 Å². The standard InChI is InChI=1S/C36H37F8N5O6/c1-48-34(11-2-3-12-34)31(51)28(33(53)49(48)19-21-7-10-26(30(38)29(21)37)55-16-5-4-14-54-15-6-13-50)32(52)47-24-9-8-22(35(39,40)41)17-23(24)25-18-27(36(42,43)44)46-20-45-25/h7-10,17-18,20,50-51H,2-6,11-16,19H2,1H3,(H,47,52). The molecule has 2 amide bonds. The Labute approximate surface area is 309 Å². The van der Waals surface area contributed by atoms with Crippen molar-refractivity contribution in [2.24, 2.45) is 0 Å². The first-order chi connectivity index (χ1) is 26.0. The van der Waals surface area contributed by atoms with Crippen molar-refractivity contribution < 1.29 is 64.4 Å². The molecule has 1 saturated carbocycles. The highest BCUT2D eigenvalue weighted by molar-refractivity contribution is 6.24. The number of nitrogens with one attached hydrogen (secondary N) is 1. The van der Waals surface area contributed by atoms with Crippen LogP contribution in [0.5, 0.6) is 5.75 Å². The molecule has 55 heavy (non-hydrogen) atoms. The highest BCUT2D eigenvalue weighted by Gasteiger charge is 2.53. The largest absolute Gasteiger partial charge is 0.509 e. The first-order valence-electron chi connectivity index (χ1n) is 17.2. The smallest absolute Gasteiger partial charge is 0.433 e. The van der Waals surface area contributed by atoms with Gasteiger partial charge in [-0.25, -0.2) is 19.4 Å². The lowest BCUT2D eigenvalue weighted by Gasteiger charge is -2.48. The molecule has 19 heteroatoms. The number of alkyl halides is 6. The van der Waals surface area contributed by atoms with Gasteiger partial charge in [-0.1, -0.05) is 18.9 Å². The number of rotatable bonds is 14. The van der Waals surface area contributed by atoms with E-state index in [1.807, 2.05) is 0 Å². The van der Waals surface area contributed by atoms with Crippen molar-refractivity contribution >= 4 is 17.5 Å². The molecule has 1 aliphatic heterocycles. The molecule has 1 spiro atoms. The van der Waals surface area contributed by atoms with Gasteiger partial charge in [0.25, 0.3) is 11.8 Å². The minimum atomic E-state index is -4.99. The molecule has 5 rings (SSSR count). The number of hydrazine groups is 1. The van der Waals surface area contributed by atoms with E-state index in [9.17, 15) is 41.0 Å². The van der Waals surface area contributed by atoms with E-state index in [2.05, 4.69) is 15.3 Å². The predicted octanol–water partition coefficient (Wildman–Crippen LogP) is 6.97. The normalized spacial score (nSPS) is 16.3. The Bertz CT molecular complexity index is 1920. The molecule has 2 heterocycles. The van der Waals surface area contributed by atoms with Crippen LogP contribution < -0.4 is 10.1 Å². The molecular weight excluding hydrogens is 750 g/mol. The second-order valence-corrected chi connectivity index (χ2v) is 12.9. The van der Waals surface area contributed by atoms with Crippen molar-refractivity contribution in [3.05, 3.63) is 82.5 Å².